The minimum absolute atomic E-state index is 0.156. The molecule has 3 heterocycles. The van der Waals surface area contributed by atoms with Gasteiger partial charge in [0.2, 0.25) is 0 Å². The van der Waals surface area contributed by atoms with E-state index >= 15 is 0 Å². The first-order chi connectivity index (χ1) is 13.0. The Labute approximate surface area is 155 Å². The van der Waals surface area contributed by atoms with Crippen molar-refractivity contribution in [2.75, 3.05) is 7.11 Å². The zero-order chi connectivity index (χ0) is 19.4. The molecule has 0 aromatic carbocycles. The van der Waals surface area contributed by atoms with Gasteiger partial charge < -0.3 is 10.1 Å². The van der Waals surface area contributed by atoms with Crippen LogP contribution < -0.4 is 15.6 Å². The molecule has 0 radical (unpaired) electrons. The molecule has 0 spiro atoms. The zero-order valence-electron chi connectivity index (χ0n) is 15.1. The summed E-state index contributed by atoms with van der Waals surface area (Å²) in [7, 11) is 3.06. The van der Waals surface area contributed by atoms with Crippen molar-refractivity contribution in [3.05, 3.63) is 64.9 Å². The summed E-state index contributed by atoms with van der Waals surface area (Å²) in [5, 5.41) is 2.80. The molecule has 3 aromatic heterocycles. The average molecular weight is 366 g/mol. The number of nitrogens with one attached hydrogen (secondary N) is 1. The Morgan fingerprint density at radius 2 is 2.04 bits per heavy atom. The van der Waals surface area contributed by atoms with E-state index in [1.165, 1.54) is 30.3 Å². The van der Waals surface area contributed by atoms with Crippen LogP contribution in [-0.4, -0.2) is 37.5 Å². The molecule has 0 aliphatic carbocycles. The predicted octanol–water partition coefficient (Wildman–Crippen LogP) is 1.13. The second kappa shape index (κ2) is 7.73. The molecule has 27 heavy (non-hydrogen) atoms. The Balaban J connectivity index is 1.92. The van der Waals surface area contributed by atoms with Gasteiger partial charge in [-0.3, -0.25) is 14.2 Å². The van der Waals surface area contributed by atoms with E-state index in [9.17, 15) is 9.59 Å². The van der Waals surface area contributed by atoms with Gasteiger partial charge in [-0.2, -0.15) is 0 Å². The van der Waals surface area contributed by atoms with E-state index in [0.29, 0.717) is 23.0 Å². The Morgan fingerprint density at radius 3 is 2.74 bits per heavy atom. The highest BCUT2D eigenvalue weighted by Crippen LogP contribution is 2.18. The minimum Gasteiger partial charge on any atom is -0.494 e. The molecule has 1 amide bonds. The van der Waals surface area contributed by atoms with Crippen LogP contribution in [0.2, 0.25) is 0 Å². The van der Waals surface area contributed by atoms with Crippen LogP contribution in [0.5, 0.6) is 5.75 Å². The number of methoxy groups -OCH3 is 1. The number of carbonyl (C=O) groups is 1. The molecule has 1 atom stereocenters. The number of amides is 1. The third kappa shape index (κ3) is 3.81. The first kappa shape index (κ1) is 18.2. The second-order valence-corrected chi connectivity index (χ2v) is 5.74. The number of rotatable bonds is 5. The minimum atomic E-state index is -0.552. The first-order valence-electron chi connectivity index (χ1n) is 8.15. The number of ether oxygens (including phenoxy) is 1. The molecule has 1 N–H and O–H groups in total. The molecule has 138 valence electrons. The number of aromatic nitrogens is 5. The molecule has 0 fully saturated rings. The maximum atomic E-state index is 12.6. The van der Waals surface area contributed by atoms with Crippen molar-refractivity contribution in [2.24, 2.45) is 7.05 Å². The van der Waals surface area contributed by atoms with Crippen molar-refractivity contribution in [1.29, 1.82) is 0 Å². The quantitative estimate of drug-likeness (QED) is 0.720. The third-order valence-corrected chi connectivity index (χ3v) is 3.95. The molecule has 1 unspecified atom stereocenters. The molecule has 0 bridgehead atoms. The Morgan fingerprint density at radius 1 is 1.22 bits per heavy atom. The van der Waals surface area contributed by atoms with Crippen molar-refractivity contribution in [2.45, 2.75) is 13.0 Å². The number of hydrogen-bond donors (Lipinski definition) is 1. The molecule has 0 saturated carbocycles. The summed E-state index contributed by atoms with van der Waals surface area (Å²) in [5.74, 6) is 0.319. The summed E-state index contributed by atoms with van der Waals surface area (Å²) in [6, 6.07) is 5.82. The molecule has 0 aliphatic rings. The molecule has 9 nitrogen and oxygen atoms in total. The van der Waals surface area contributed by atoms with E-state index in [1.54, 1.807) is 38.4 Å². The van der Waals surface area contributed by atoms with Gasteiger partial charge >= 0.3 is 0 Å². The fourth-order valence-corrected chi connectivity index (χ4v) is 2.57. The number of nitrogens with zero attached hydrogens (tertiary/aromatic N) is 5. The van der Waals surface area contributed by atoms with Gasteiger partial charge in [-0.25, -0.2) is 19.9 Å². The summed E-state index contributed by atoms with van der Waals surface area (Å²) in [4.78, 5) is 41.4. The van der Waals surface area contributed by atoms with Gasteiger partial charge in [0.25, 0.3) is 11.5 Å². The van der Waals surface area contributed by atoms with E-state index in [2.05, 4.69) is 25.3 Å². The summed E-state index contributed by atoms with van der Waals surface area (Å²) < 4.78 is 6.55. The Bertz CT molecular complexity index is 1020. The van der Waals surface area contributed by atoms with Gasteiger partial charge in [-0.1, -0.05) is 0 Å². The van der Waals surface area contributed by atoms with E-state index < -0.39 is 11.9 Å². The van der Waals surface area contributed by atoms with Crippen LogP contribution >= 0.6 is 0 Å². The van der Waals surface area contributed by atoms with Gasteiger partial charge in [-0.05, 0) is 25.1 Å². The van der Waals surface area contributed by atoms with Gasteiger partial charge in [0, 0.05) is 25.5 Å². The van der Waals surface area contributed by atoms with Gasteiger partial charge in [-0.15, -0.1) is 0 Å². The highest BCUT2D eigenvalue weighted by atomic mass is 16.5. The lowest BCUT2D eigenvalue weighted by Crippen LogP contribution is -2.33. The van der Waals surface area contributed by atoms with Crippen LogP contribution in [0.25, 0.3) is 11.4 Å². The van der Waals surface area contributed by atoms with E-state index in [4.69, 9.17) is 4.74 Å². The lowest BCUT2D eigenvalue weighted by molar-refractivity contribution is 0.0929. The van der Waals surface area contributed by atoms with E-state index in [-0.39, 0.29) is 11.3 Å². The Kier molecular flexibility index (Phi) is 5.20. The SMILES string of the molecule is COc1cccnc1C(=O)NC(C)c1nc(-c2ccncn2)cc(=O)n1C. The molecule has 0 aliphatic heterocycles. The lowest BCUT2D eigenvalue weighted by atomic mass is 10.2. The van der Waals surface area contributed by atoms with Crippen LogP contribution in [0.3, 0.4) is 0 Å². The molecule has 9 heteroatoms. The standard InChI is InChI=1S/C18H18N6O3/c1-11(22-18(26)16-14(27-3)5-4-7-20-16)17-23-13(9-15(25)24(17)2)12-6-8-19-10-21-12/h4-11H,1-3H3,(H,22,26). The highest BCUT2D eigenvalue weighted by Gasteiger charge is 2.20. The van der Waals surface area contributed by atoms with Gasteiger partial charge in [0.05, 0.1) is 24.5 Å². The van der Waals surface area contributed by atoms with Gasteiger partial charge in [0.1, 0.15) is 17.9 Å². The fourth-order valence-electron chi connectivity index (χ4n) is 2.57. The van der Waals surface area contributed by atoms with Gasteiger partial charge in [0.15, 0.2) is 5.69 Å². The molecular weight excluding hydrogens is 348 g/mol. The van der Waals surface area contributed by atoms with E-state index in [1.807, 2.05) is 0 Å². The van der Waals surface area contributed by atoms with Crippen LogP contribution in [0.4, 0.5) is 0 Å². The number of carbonyl (C=O) groups excluding carboxylic acids is 1. The maximum absolute atomic E-state index is 12.6. The lowest BCUT2D eigenvalue weighted by Gasteiger charge is -2.17. The first-order valence-corrected chi connectivity index (χ1v) is 8.15. The highest BCUT2D eigenvalue weighted by molar-refractivity contribution is 5.95. The zero-order valence-corrected chi connectivity index (χ0v) is 15.1. The third-order valence-electron chi connectivity index (χ3n) is 3.95. The number of pyridine rings is 1. The number of hydrogen-bond acceptors (Lipinski definition) is 7. The molecule has 3 aromatic rings. The monoisotopic (exact) mass is 366 g/mol. The smallest absolute Gasteiger partial charge is 0.274 e. The van der Waals surface area contributed by atoms with Crippen molar-refractivity contribution < 1.29 is 9.53 Å². The van der Waals surface area contributed by atoms with Crippen molar-refractivity contribution in [1.82, 2.24) is 29.8 Å². The van der Waals surface area contributed by atoms with Crippen LogP contribution in [0, 0.1) is 0 Å². The van der Waals surface area contributed by atoms with E-state index in [0.717, 1.165) is 0 Å². The maximum Gasteiger partial charge on any atom is 0.274 e. The second-order valence-electron chi connectivity index (χ2n) is 5.74. The molecule has 0 saturated heterocycles. The van der Waals surface area contributed by atoms with Crippen molar-refractivity contribution in [3.63, 3.8) is 0 Å². The summed E-state index contributed by atoms with van der Waals surface area (Å²) in [6.45, 7) is 1.73. The largest absolute Gasteiger partial charge is 0.494 e. The normalized spacial score (nSPS) is 11.7. The van der Waals surface area contributed by atoms with Crippen LogP contribution in [0.15, 0.2) is 47.8 Å². The average Bonchev–Trinajstić information content (AvgIpc) is 2.70. The van der Waals surface area contributed by atoms with Crippen LogP contribution in [-0.2, 0) is 7.05 Å². The fraction of sp³-hybridized carbons (Fsp3) is 0.222. The summed E-state index contributed by atoms with van der Waals surface area (Å²) >= 11 is 0. The summed E-state index contributed by atoms with van der Waals surface area (Å²) in [5.41, 5.74) is 0.829. The summed E-state index contributed by atoms with van der Waals surface area (Å²) in [6.07, 6.45) is 4.46. The van der Waals surface area contributed by atoms with Crippen molar-refractivity contribution >= 4 is 5.91 Å². The van der Waals surface area contributed by atoms with Crippen LogP contribution in [0.1, 0.15) is 29.3 Å². The van der Waals surface area contributed by atoms with Crippen molar-refractivity contribution in [3.8, 4) is 17.1 Å². The molecular formula is C18H18N6O3. The predicted molar refractivity (Wildman–Crippen MR) is 97.2 cm³/mol. The topological polar surface area (TPSA) is 112 Å². The molecule has 3 rings (SSSR count). The Hall–Kier alpha value is -3.62.